The quantitative estimate of drug-likeness (QED) is 0.783. The molecule has 0 amide bonds. The van der Waals surface area contributed by atoms with Crippen LogP contribution in [0.1, 0.15) is 23.1 Å². The molecule has 0 atom stereocenters. The lowest BCUT2D eigenvalue weighted by Gasteiger charge is -2.28. The summed E-state index contributed by atoms with van der Waals surface area (Å²) in [5, 5.41) is 0. The van der Waals surface area contributed by atoms with E-state index in [0.29, 0.717) is 11.4 Å². The van der Waals surface area contributed by atoms with Gasteiger partial charge in [-0.05, 0) is 49.6 Å². The second-order valence-electron chi connectivity index (χ2n) is 6.36. The minimum Gasteiger partial charge on any atom is -0.299 e. The zero-order valence-electron chi connectivity index (χ0n) is 14.4. The van der Waals surface area contributed by atoms with Gasteiger partial charge in [-0.25, -0.2) is 13.1 Å². The van der Waals surface area contributed by atoms with Gasteiger partial charge >= 0.3 is 0 Å². The summed E-state index contributed by atoms with van der Waals surface area (Å²) in [6.45, 7) is 5.32. The van der Waals surface area contributed by atoms with E-state index in [2.05, 4.69) is 33.9 Å². The van der Waals surface area contributed by atoms with Crippen molar-refractivity contribution >= 4 is 22.4 Å². The number of benzene rings is 2. The first-order valence-electron chi connectivity index (χ1n) is 8.40. The largest absolute Gasteiger partial charge is 0.299 e. The first-order valence-corrected chi connectivity index (χ1v) is 9.88. The molecule has 0 bridgehead atoms. The van der Waals surface area contributed by atoms with Gasteiger partial charge in [0.1, 0.15) is 0 Å². The Labute approximate surface area is 156 Å². The first kappa shape index (κ1) is 19.9. The zero-order valence-corrected chi connectivity index (χ0v) is 16.1. The van der Waals surface area contributed by atoms with Crippen LogP contribution in [0.25, 0.3) is 0 Å². The van der Waals surface area contributed by atoms with Crippen molar-refractivity contribution < 1.29 is 8.42 Å². The molecule has 25 heavy (non-hydrogen) atoms. The second kappa shape index (κ2) is 8.81. The normalized spacial score (nSPS) is 14.6. The van der Waals surface area contributed by atoms with Crippen molar-refractivity contribution in [2.24, 2.45) is 0 Å². The maximum absolute atomic E-state index is 12.2. The third-order valence-corrected chi connectivity index (χ3v) is 5.96. The van der Waals surface area contributed by atoms with E-state index in [1.165, 1.54) is 11.1 Å². The Bertz CT molecular complexity index is 791. The molecule has 1 aliphatic heterocycles. The van der Waals surface area contributed by atoms with Gasteiger partial charge in [-0.3, -0.25) is 4.90 Å². The van der Waals surface area contributed by atoms with Crippen molar-refractivity contribution in [1.29, 1.82) is 0 Å². The Balaban J connectivity index is 0.00000225. The summed E-state index contributed by atoms with van der Waals surface area (Å²) in [5.41, 5.74) is 3.89. The first-order chi connectivity index (χ1) is 11.5. The molecule has 0 radical (unpaired) electrons. The summed E-state index contributed by atoms with van der Waals surface area (Å²) < 4.78 is 27.2. The number of nitrogens with zero attached hydrogens (tertiary/aromatic N) is 1. The number of sulfonamides is 1. The smallest absolute Gasteiger partial charge is 0.240 e. The Morgan fingerprint density at radius 1 is 1.04 bits per heavy atom. The molecule has 0 fully saturated rings. The van der Waals surface area contributed by atoms with Crippen LogP contribution in [-0.4, -0.2) is 33.0 Å². The van der Waals surface area contributed by atoms with Crippen molar-refractivity contribution in [2.45, 2.75) is 31.2 Å². The highest BCUT2D eigenvalue weighted by Gasteiger charge is 2.16. The molecule has 0 saturated carbocycles. The molecule has 1 heterocycles. The number of nitrogens with one attached hydrogen (secondary N) is 1. The maximum Gasteiger partial charge on any atom is 0.240 e. The van der Waals surface area contributed by atoms with Crippen LogP contribution in [-0.2, 0) is 23.0 Å². The summed E-state index contributed by atoms with van der Waals surface area (Å²) in [5.74, 6) is 0. The number of rotatable bonds is 6. The SMILES string of the molecule is Cc1ccc(S(=O)(=O)NCCCN2CCc3ccccc3C2)cc1.Cl. The molecule has 1 N–H and O–H groups in total. The van der Waals surface area contributed by atoms with Crippen LogP contribution in [0.15, 0.2) is 53.4 Å². The third-order valence-electron chi connectivity index (χ3n) is 4.48. The van der Waals surface area contributed by atoms with Gasteiger partial charge in [0, 0.05) is 19.6 Å². The molecule has 0 unspecified atom stereocenters. The highest BCUT2D eigenvalue weighted by atomic mass is 35.5. The monoisotopic (exact) mass is 380 g/mol. The van der Waals surface area contributed by atoms with Gasteiger partial charge in [0.05, 0.1) is 4.90 Å². The molecule has 0 spiro atoms. The highest BCUT2D eigenvalue weighted by Crippen LogP contribution is 2.18. The number of hydrogen-bond donors (Lipinski definition) is 1. The summed E-state index contributed by atoms with van der Waals surface area (Å²) in [6, 6.07) is 15.5. The van der Waals surface area contributed by atoms with Gasteiger partial charge in [0.15, 0.2) is 0 Å². The van der Waals surface area contributed by atoms with Crippen LogP contribution in [0.3, 0.4) is 0 Å². The molecule has 6 heteroatoms. The standard InChI is InChI=1S/C19H24N2O2S.ClH/c1-16-7-9-19(10-8-16)24(22,23)20-12-4-13-21-14-11-17-5-2-3-6-18(17)15-21;/h2-3,5-10,20H,4,11-15H2,1H3;1H. The lowest BCUT2D eigenvalue weighted by Crippen LogP contribution is -2.33. The molecular weight excluding hydrogens is 356 g/mol. The van der Waals surface area contributed by atoms with Gasteiger partial charge in [-0.2, -0.15) is 0 Å². The van der Waals surface area contributed by atoms with E-state index >= 15 is 0 Å². The van der Waals surface area contributed by atoms with E-state index in [4.69, 9.17) is 0 Å². The highest BCUT2D eigenvalue weighted by molar-refractivity contribution is 7.89. The van der Waals surface area contributed by atoms with Gasteiger partial charge in [0.25, 0.3) is 0 Å². The number of aryl methyl sites for hydroxylation is 1. The van der Waals surface area contributed by atoms with Crippen molar-refractivity contribution in [2.75, 3.05) is 19.6 Å². The van der Waals surface area contributed by atoms with Crippen molar-refractivity contribution in [1.82, 2.24) is 9.62 Å². The van der Waals surface area contributed by atoms with E-state index in [9.17, 15) is 8.42 Å². The Kier molecular flexibility index (Phi) is 7.02. The lowest BCUT2D eigenvalue weighted by atomic mass is 10.00. The van der Waals surface area contributed by atoms with Crippen LogP contribution in [0.2, 0.25) is 0 Å². The summed E-state index contributed by atoms with van der Waals surface area (Å²) >= 11 is 0. The lowest BCUT2D eigenvalue weighted by molar-refractivity contribution is 0.251. The fourth-order valence-electron chi connectivity index (χ4n) is 3.05. The van der Waals surface area contributed by atoms with E-state index in [0.717, 1.165) is 38.0 Å². The Hall–Kier alpha value is -1.40. The molecule has 1 aliphatic rings. The predicted octanol–water partition coefficient (Wildman–Crippen LogP) is 3.14. The van der Waals surface area contributed by atoms with E-state index in [1.807, 2.05) is 19.1 Å². The molecule has 2 aromatic rings. The topological polar surface area (TPSA) is 49.4 Å². The fourth-order valence-corrected chi connectivity index (χ4v) is 4.13. The summed E-state index contributed by atoms with van der Waals surface area (Å²) in [7, 11) is -3.40. The molecule has 0 aromatic heterocycles. The number of halogens is 1. The summed E-state index contributed by atoms with van der Waals surface area (Å²) in [6.07, 6.45) is 1.89. The average molecular weight is 381 g/mol. The minimum atomic E-state index is -3.40. The molecule has 4 nitrogen and oxygen atoms in total. The molecule has 2 aromatic carbocycles. The van der Waals surface area contributed by atoms with Gasteiger partial charge in [0.2, 0.25) is 10.0 Å². The van der Waals surface area contributed by atoms with Crippen molar-refractivity contribution in [3.8, 4) is 0 Å². The second-order valence-corrected chi connectivity index (χ2v) is 8.13. The molecular formula is C19H25ClN2O2S. The maximum atomic E-state index is 12.2. The van der Waals surface area contributed by atoms with E-state index in [1.54, 1.807) is 12.1 Å². The Morgan fingerprint density at radius 3 is 2.44 bits per heavy atom. The molecule has 0 aliphatic carbocycles. The van der Waals surface area contributed by atoms with E-state index < -0.39 is 10.0 Å². The van der Waals surface area contributed by atoms with Crippen LogP contribution in [0.5, 0.6) is 0 Å². The zero-order chi connectivity index (χ0) is 17.0. The van der Waals surface area contributed by atoms with E-state index in [-0.39, 0.29) is 12.4 Å². The van der Waals surface area contributed by atoms with Crippen LogP contribution in [0, 0.1) is 6.92 Å². The van der Waals surface area contributed by atoms with Crippen LogP contribution >= 0.6 is 12.4 Å². The Morgan fingerprint density at radius 2 is 1.72 bits per heavy atom. The molecule has 136 valence electrons. The van der Waals surface area contributed by atoms with Gasteiger partial charge in [-0.15, -0.1) is 12.4 Å². The summed E-state index contributed by atoms with van der Waals surface area (Å²) in [4.78, 5) is 2.72. The van der Waals surface area contributed by atoms with Crippen LogP contribution < -0.4 is 4.72 Å². The van der Waals surface area contributed by atoms with Crippen LogP contribution in [0.4, 0.5) is 0 Å². The van der Waals surface area contributed by atoms with Gasteiger partial charge in [-0.1, -0.05) is 42.0 Å². The molecule has 0 saturated heterocycles. The number of fused-ring (bicyclic) bond motifs is 1. The third kappa shape index (κ3) is 5.28. The van der Waals surface area contributed by atoms with Gasteiger partial charge < -0.3 is 0 Å². The minimum absolute atomic E-state index is 0. The van der Waals surface area contributed by atoms with Crippen molar-refractivity contribution in [3.63, 3.8) is 0 Å². The molecule has 3 rings (SSSR count). The fraction of sp³-hybridized carbons (Fsp3) is 0.368. The van der Waals surface area contributed by atoms with Crippen molar-refractivity contribution in [3.05, 3.63) is 65.2 Å². The number of hydrogen-bond acceptors (Lipinski definition) is 3. The average Bonchev–Trinajstić information content (AvgIpc) is 2.59. The predicted molar refractivity (Wildman–Crippen MR) is 104 cm³/mol.